The van der Waals surface area contributed by atoms with Crippen LogP contribution in [0.2, 0.25) is 0 Å². The van der Waals surface area contributed by atoms with Crippen LogP contribution < -0.4 is 10.3 Å². The third-order valence-corrected chi connectivity index (χ3v) is 5.43. The average molecular weight is 415 g/mol. The fraction of sp³-hybridized carbons (Fsp3) is 0.300. The highest BCUT2D eigenvalue weighted by Crippen LogP contribution is 2.26. The van der Waals surface area contributed by atoms with Gasteiger partial charge in [0.15, 0.2) is 11.9 Å². The normalized spacial score (nSPS) is 12.3. The summed E-state index contributed by atoms with van der Waals surface area (Å²) in [4.78, 5) is 38.1. The number of carbonyl (C=O) groups is 1. The number of oxime groups is 1. The second kappa shape index (κ2) is 8.87. The Bertz CT molecular complexity index is 1100. The Hall–Kier alpha value is -3.20. The molecule has 29 heavy (non-hydrogen) atoms. The molecule has 0 saturated carbocycles. The van der Waals surface area contributed by atoms with Crippen LogP contribution in [-0.2, 0) is 14.4 Å². The zero-order valence-electron chi connectivity index (χ0n) is 16.5. The van der Waals surface area contributed by atoms with E-state index in [4.69, 9.17) is 14.3 Å². The summed E-state index contributed by atoms with van der Waals surface area (Å²) >= 11 is 1.44. The lowest BCUT2D eigenvalue weighted by atomic mass is 10.2. The number of rotatable bonds is 7. The number of nitrogens with zero attached hydrogens (tertiary/aromatic N) is 2. The van der Waals surface area contributed by atoms with Crippen molar-refractivity contribution in [2.75, 3.05) is 13.7 Å². The predicted octanol–water partition coefficient (Wildman–Crippen LogP) is 3.26. The van der Waals surface area contributed by atoms with Gasteiger partial charge in [0, 0.05) is 4.88 Å². The number of H-pyrrole nitrogens is 1. The number of fused-ring (bicyclic) bond motifs is 1. The summed E-state index contributed by atoms with van der Waals surface area (Å²) in [5, 5.41) is 4.32. The summed E-state index contributed by atoms with van der Waals surface area (Å²) in [6, 6.07) is 7.19. The molecule has 0 saturated heterocycles. The summed E-state index contributed by atoms with van der Waals surface area (Å²) in [5.74, 6) is 0.405. The van der Waals surface area contributed by atoms with E-state index >= 15 is 0 Å². The van der Waals surface area contributed by atoms with Gasteiger partial charge < -0.3 is 19.3 Å². The van der Waals surface area contributed by atoms with Gasteiger partial charge in [-0.2, -0.15) is 0 Å². The molecule has 2 aromatic heterocycles. The Morgan fingerprint density at radius 3 is 2.72 bits per heavy atom. The van der Waals surface area contributed by atoms with Crippen molar-refractivity contribution in [3.8, 4) is 5.75 Å². The smallest absolute Gasteiger partial charge is 0.347 e. The van der Waals surface area contributed by atoms with Gasteiger partial charge in [-0.15, -0.1) is 11.3 Å². The van der Waals surface area contributed by atoms with Crippen molar-refractivity contribution in [1.29, 1.82) is 0 Å². The number of carbonyl (C=O) groups excluding carboxylic acids is 1. The summed E-state index contributed by atoms with van der Waals surface area (Å²) in [5.41, 5.74) is 1.47. The van der Waals surface area contributed by atoms with Crippen molar-refractivity contribution in [2.24, 2.45) is 5.16 Å². The molecular formula is C20H21N3O5S. The van der Waals surface area contributed by atoms with Gasteiger partial charge in [-0.05, 0) is 56.2 Å². The van der Waals surface area contributed by atoms with Crippen molar-refractivity contribution in [1.82, 2.24) is 9.97 Å². The van der Waals surface area contributed by atoms with Crippen molar-refractivity contribution < 1.29 is 19.1 Å². The first-order valence-corrected chi connectivity index (χ1v) is 9.69. The van der Waals surface area contributed by atoms with Crippen LogP contribution >= 0.6 is 11.3 Å². The first kappa shape index (κ1) is 20.5. The van der Waals surface area contributed by atoms with Crippen LogP contribution in [-0.4, -0.2) is 35.9 Å². The number of aryl methyl sites for hydroxylation is 2. The number of methoxy groups -OCH3 is 1. The van der Waals surface area contributed by atoms with Gasteiger partial charge in [-0.25, -0.2) is 9.78 Å². The molecule has 0 aliphatic heterocycles. The van der Waals surface area contributed by atoms with E-state index in [0.717, 1.165) is 21.8 Å². The van der Waals surface area contributed by atoms with Gasteiger partial charge >= 0.3 is 5.97 Å². The standard InChI is InChI=1S/C20H21N3O5S/c1-11-13(3)29-20-17(11)19(25)22-18(23-20)12(2)28-16(24)10-27-21-9-14-5-7-15(26-4)8-6-14/h5-9,12H,10H2,1-4H3,(H,22,23,25)/b21-9-/t12-/m1/s1. The monoisotopic (exact) mass is 415 g/mol. The molecule has 3 rings (SSSR count). The Morgan fingerprint density at radius 2 is 2.03 bits per heavy atom. The quantitative estimate of drug-likeness (QED) is 0.361. The van der Waals surface area contributed by atoms with Gasteiger partial charge in [0.05, 0.1) is 18.7 Å². The molecule has 8 nitrogen and oxygen atoms in total. The molecular weight excluding hydrogens is 394 g/mol. The van der Waals surface area contributed by atoms with Crippen LogP contribution in [0.4, 0.5) is 0 Å². The van der Waals surface area contributed by atoms with E-state index in [1.807, 2.05) is 13.8 Å². The molecule has 0 spiro atoms. The molecule has 1 aromatic carbocycles. The third-order valence-electron chi connectivity index (χ3n) is 4.33. The lowest BCUT2D eigenvalue weighted by molar-refractivity contribution is -0.154. The molecule has 0 fully saturated rings. The summed E-state index contributed by atoms with van der Waals surface area (Å²) < 4.78 is 10.4. The molecule has 3 aromatic rings. The van der Waals surface area contributed by atoms with Gasteiger partial charge in [-0.1, -0.05) is 5.16 Å². The number of thiophene rings is 1. The minimum absolute atomic E-state index is 0.241. The van der Waals surface area contributed by atoms with Gasteiger partial charge in [0.1, 0.15) is 10.6 Å². The Kier molecular flexibility index (Phi) is 6.28. The largest absolute Gasteiger partial charge is 0.497 e. The second-order valence-corrected chi connectivity index (χ2v) is 7.53. The van der Waals surface area contributed by atoms with Crippen molar-refractivity contribution in [2.45, 2.75) is 26.9 Å². The van der Waals surface area contributed by atoms with E-state index in [1.165, 1.54) is 17.6 Å². The number of hydrogen-bond acceptors (Lipinski definition) is 8. The summed E-state index contributed by atoms with van der Waals surface area (Å²) in [6.07, 6.45) is 0.751. The topological polar surface area (TPSA) is 103 Å². The van der Waals surface area contributed by atoms with Crippen LogP contribution in [0.25, 0.3) is 10.2 Å². The van der Waals surface area contributed by atoms with Gasteiger partial charge in [-0.3, -0.25) is 4.79 Å². The van der Waals surface area contributed by atoms with Gasteiger partial charge in [0.2, 0.25) is 6.61 Å². The van der Waals surface area contributed by atoms with Crippen LogP contribution in [0, 0.1) is 13.8 Å². The Morgan fingerprint density at radius 1 is 1.31 bits per heavy atom. The maximum Gasteiger partial charge on any atom is 0.347 e. The molecule has 0 aliphatic rings. The third kappa shape index (κ3) is 4.80. The number of nitrogens with one attached hydrogen (secondary N) is 1. The number of aromatic nitrogens is 2. The van der Waals surface area contributed by atoms with Gasteiger partial charge in [0.25, 0.3) is 5.56 Å². The van der Waals surface area contributed by atoms with Crippen LogP contribution in [0.15, 0.2) is 34.2 Å². The Balaban J connectivity index is 1.57. The maximum atomic E-state index is 12.3. The van der Waals surface area contributed by atoms with Crippen molar-refractivity contribution in [3.63, 3.8) is 0 Å². The van der Waals surface area contributed by atoms with E-state index < -0.39 is 12.1 Å². The summed E-state index contributed by atoms with van der Waals surface area (Å²) in [6.45, 7) is 5.10. The number of esters is 1. The molecule has 2 heterocycles. The zero-order valence-corrected chi connectivity index (χ0v) is 17.3. The van der Waals surface area contributed by atoms with Crippen LogP contribution in [0.3, 0.4) is 0 Å². The molecule has 152 valence electrons. The number of ether oxygens (including phenoxy) is 2. The maximum absolute atomic E-state index is 12.3. The molecule has 0 aliphatic carbocycles. The van der Waals surface area contributed by atoms with Crippen molar-refractivity contribution >= 4 is 33.7 Å². The van der Waals surface area contributed by atoms with E-state index in [0.29, 0.717) is 16.0 Å². The number of hydrogen-bond donors (Lipinski definition) is 1. The van der Waals surface area contributed by atoms with E-state index in [1.54, 1.807) is 38.3 Å². The van der Waals surface area contributed by atoms with E-state index in [9.17, 15) is 9.59 Å². The highest BCUT2D eigenvalue weighted by Gasteiger charge is 2.18. The number of aromatic amines is 1. The molecule has 1 atom stereocenters. The Labute approximate surface area is 171 Å². The predicted molar refractivity (Wildman–Crippen MR) is 111 cm³/mol. The number of benzene rings is 1. The molecule has 9 heteroatoms. The molecule has 0 bridgehead atoms. The van der Waals surface area contributed by atoms with Crippen molar-refractivity contribution in [3.05, 3.63) is 56.4 Å². The first-order valence-electron chi connectivity index (χ1n) is 8.87. The highest BCUT2D eigenvalue weighted by molar-refractivity contribution is 7.18. The fourth-order valence-corrected chi connectivity index (χ4v) is 3.67. The molecule has 0 radical (unpaired) electrons. The van der Waals surface area contributed by atoms with Crippen LogP contribution in [0.1, 0.15) is 34.9 Å². The minimum atomic E-state index is -0.725. The van der Waals surface area contributed by atoms with Crippen LogP contribution in [0.5, 0.6) is 5.75 Å². The SMILES string of the molecule is COc1ccc(/C=N\OCC(=O)O[C@H](C)c2nc3sc(C)c(C)c3c(=O)[nH]2)cc1. The van der Waals surface area contributed by atoms with E-state index in [2.05, 4.69) is 15.1 Å². The molecule has 1 N–H and O–H groups in total. The first-order chi connectivity index (χ1) is 13.9. The summed E-state index contributed by atoms with van der Waals surface area (Å²) in [7, 11) is 1.59. The lowest BCUT2D eigenvalue weighted by Gasteiger charge is -2.11. The lowest BCUT2D eigenvalue weighted by Crippen LogP contribution is -2.19. The highest BCUT2D eigenvalue weighted by atomic mass is 32.1. The zero-order chi connectivity index (χ0) is 21.0. The minimum Gasteiger partial charge on any atom is -0.497 e. The average Bonchev–Trinajstić information content (AvgIpc) is 2.99. The molecule has 0 unspecified atom stereocenters. The second-order valence-electron chi connectivity index (χ2n) is 6.33. The fourth-order valence-electron chi connectivity index (χ4n) is 2.63. The van der Waals surface area contributed by atoms with E-state index in [-0.39, 0.29) is 12.2 Å². The molecule has 0 amide bonds.